The summed E-state index contributed by atoms with van der Waals surface area (Å²) in [6.45, 7) is 2.73. The van der Waals surface area contributed by atoms with Gasteiger partial charge in [0.1, 0.15) is 5.75 Å². The fourth-order valence-electron chi connectivity index (χ4n) is 3.70. The molecular formula is C21H23NO3. The van der Waals surface area contributed by atoms with Crippen molar-refractivity contribution >= 4 is 5.91 Å². The van der Waals surface area contributed by atoms with Crippen LogP contribution in [0.3, 0.4) is 0 Å². The molecule has 1 amide bonds. The van der Waals surface area contributed by atoms with Crippen LogP contribution in [0.25, 0.3) is 0 Å². The van der Waals surface area contributed by atoms with E-state index in [1.807, 2.05) is 43.3 Å². The lowest BCUT2D eigenvalue weighted by Gasteiger charge is -2.38. The molecule has 2 aromatic carbocycles. The van der Waals surface area contributed by atoms with E-state index in [0.29, 0.717) is 5.56 Å². The molecule has 1 fully saturated rings. The van der Waals surface area contributed by atoms with Crippen molar-refractivity contribution in [3.8, 4) is 5.75 Å². The molecule has 0 aromatic heterocycles. The Morgan fingerprint density at radius 3 is 2.68 bits per heavy atom. The third-order valence-corrected chi connectivity index (χ3v) is 5.29. The van der Waals surface area contributed by atoms with Crippen molar-refractivity contribution in [3.63, 3.8) is 0 Å². The minimum absolute atomic E-state index is 0.0665. The summed E-state index contributed by atoms with van der Waals surface area (Å²) in [6, 6.07) is 13.7. The maximum absolute atomic E-state index is 12.7. The molecule has 1 aliphatic carbocycles. The number of nitrogens with one attached hydrogen (secondary N) is 1. The lowest BCUT2D eigenvalue weighted by atomic mass is 9.74. The number of hydrogen-bond donors (Lipinski definition) is 2. The van der Waals surface area contributed by atoms with Gasteiger partial charge in [0.15, 0.2) is 0 Å². The minimum atomic E-state index is -0.249. The second-order valence-corrected chi connectivity index (χ2v) is 7.17. The molecule has 0 spiro atoms. The molecule has 0 saturated heterocycles. The van der Waals surface area contributed by atoms with Crippen LogP contribution in [-0.2, 0) is 6.42 Å². The second kappa shape index (κ2) is 6.52. The number of rotatable bonds is 4. The van der Waals surface area contributed by atoms with Gasteiger partial charge in [-0.25, -0.2) is 0 Å². The zero-order chi connectivity index (χ0) is 17.4. The average Bonchev–Trinajstić information content (AvgIpc) is 3.05. The molecule has 0 unspecified atom stereocenters. The number of aliphatic hydroxyl groups excluding tert-OH is 1. The molecule has 1 atom stereocenters. The Morgan fingerprint density at radius 1 is 1.20 bits per heavy atom. The zero-order valence-electron chi connectivity index (χ0n) is 14.4. The smallest absolute Gasteiger partial charge is 0.251 e. The van der Waals surface area contributed by atoms with Crippen molar-refractivity contribution in [1.82, 2.24) is 5.32 Å². The zero-order valence-corrected chi connectivity index (χ0v) is 14.4. The molecule has 0 radical (unpaired) electrons. The van der Waals surface area contributed by atoms with Gasteiger partial charge in [-0.2, -0.15) is 0 Å². The van der Waals surface area contributed by atoms with E-state index < -0.39 is 0 Å². The van der Waals surface area contributed by atoms with Crippen molar-refractivity contribution in [2.24, 2.45) is 5.92 Å². The van der Waals surface area contributed by atoms with E-state index in [-0.39, 0.29) is 24.0 Å². The monoisotopic (exact) mass is 337 g/mol. The molecule has 130 valence electrons. The van der Waals surface area contributed by atoms with Gasteiger partial charge in [-0.3, -0.25) is 4.79 Å². The highest BCUT2D eigenvalue weighted by Crippen LogP contribution is 2.40. The first-order chi connectivity index (χ1) is 12.1. The number of hydrogen-bond acceptors (Lipinski definition) is 3. The van der Waals surface area contributed by atoms with Crippen LogP contribution in [0.1, 0.15) is 45.9 Å². The Balaban J connectivity index is 1.58. The van der Waals surface area contributed by atoms with E-state index in [0.717, 1.165) is 42.7 Å². The molecule has 4 nitrogen and oxygen atoms in total. The van der Waals surface area contributed by atoms with E-state index >= 15 is 0 Å². The highest BCUT2D eigenvalue weighted by atomic mass is 16.5. The van der Waals surface area contributed by atoms with Gasteiger partial charge in [0.05, 0.1) is 18.8 Å². The fraction of sp³-hybridized carbons (Fsp3) is 0.381. The van der Waals surface area contributed by atoms with Gasteiger partial charge in [0.25, 0.3) is 5.91 Å². The standard InChI is InChI=1S/C21H23NO3/c1-13-2-4-14(5-3-13)21(24)22-20(17-11-18(23)12-17)16-6-7-19-15(10-16)8-9-25-19/h2-7,10,17-18,20,23H,8-9,11-12H2,1H3,(H,22,24)/t17?,18?,20-/m1/s1. The number of aryl methyl sites for hydroxylation is 1. The largest absolute Gasteiger partial charge is 0.493 e. The van der Waals surface area contributed by atoms with Crippen LogP contribution in [0.4, 0.5) is 0 Å². The van der Waals surface area contributed by atoms with Gasteiger partial charge in [-0.1, -0.05) is 23.8 Å². The highest BCUT2D eigenvalue weighted by Gasteiger charge is 2.36. The first kappa shape index (κ1) is 16.2. The molecule has 0 bridgehead atoms. The number of benzene rings is 2. The Hall–Kier alpha value is -2.33. The van der Waals surface area contributed by atoms with Crippen LogP contribution in [-0.4, -0.2) is 23.7 Å². The second-order valence-electron chi connectivity index (χ2n) is 7.17. The van der Waals surface area contributed by atoms with E-state index in [1.54, 1.807) is 0 Å². The lowest BCUT2D eigenvalue weighted by molar-refractivity contribution is 0.0235. The predicted octanol–water partition coefficient (Wildman–Crippen LogP) is 3.17. The molecule has 2 aliphatic rings. The molecule has 4 heteroatoms. The van der Waals surface area contributed by atoms with Crippen molar-refractivity contribution in [2.45, 2.75) is 38.3 Å². The Kier molecular flexibility index (Phi) is 4.22. The van der Waals surface area contributed by atoms with E-state index in [1.165, 1.54) is 5.56 Å². The molecule has 1 saturated carbocycles. The Bertz CT molecular complexity index is 778. The number of amides is 1. The fourth-order valence-corrected chi connectivity index (χ4v) is 3.70. The summed E-state index contributed by atoms with van der Waals surface area (Å²) in [5.74, 6) is 1.15. The van der Waals surface area contributed by atoms with Crippen LogP contribution in [0, 0.1) is 12.8 Å². The number of ether oxygens (including phenoxy) is 1. The third kappa shape index (κ3) is 3.27. The van der Waals surface area contributed by atoms with Gasteiger partial charge < -0.3 is 15.2 Å². The van der Waals surface area contributed by atoms with E-state index in [9.17, 15) is 9.90 Å². The summed E-state index contributed by atoms with van der Waals surface area (Å²) >= 11 is 0. The van der Waals surface area contributed by atoms with Gasteiger partial charge in [0.2, 0.25) is 0 Å². The average molecular weight is 337 g/mol. The first-order valence-corrected chi connectivity index (χ1v) is 8.91. The first-order valence-electron chi connectivity index (χ1n) is 8.91. The van der Waals surface area contributed by atoms with Crippen molar-refractivity contribution < 1.29 is 14.6 Å². The minimum Gasteiger partial charge on any atom is -0.493 e. The molecule has 4 rings (SSSR count). The van der Waals surface area contributed by atoms with Crippen LogP contribution in [0.2, 0.25) is 0 Å². The Labute approximate surface area is 147 Å². The third-order valence-electron chi connectivity index (χ3n) is 5.29. The maximum Gasteiger partial charge on any atom is 0.251 e. The summed E-state index contributed by atoms with van der Waals surface area (Å²) < 4.78 is 5.59. The van der Waals surface area contributed by atoms with Crippen LogP contribution in [0.15, 0.2) is 42.5 Å². The van der Waals surface area contributed by atoms with E-state index in [2.05, 4.69) is 11.4 Å². The maximum atomic E-state index is 12.7. The number of aliphatic hydroxyl groups is 1. The van der Waals surface area contributed by atoms with Crippen LogP contribution >= 0.6 is 0 Å². The van der Waals surface area contributed by atoms with Gasteiger partial charge >= 0.3 is 0 Å². The molecular weight excluding hydrogens is 314 g/mol. The molecule has 1 heterocycles. The van der Waals surface area contributed by atoms with Crippen molar-refractivity contribution in [1.29, 1.82) is 0 Å². The molecule has 2 aromatic rings. The number of carbonyl (C=O) groups is 1. The normalized spacial score (nSPS) is 22.5. The molecule has 1 aliphatic heterocycles. The lowest BCUT2D eigenvalue weighted by Crippen LogP contribution is -2.41. The summed E-state index contributed by atoms with van der Waals surface area (Å²) in [5, 5.41) is 12.9. The van der Waals surface area contributed by atoms with Crippen LogP contribution < -0.4 is 10.1 Å². The Morgan fingerprint density at radius 2 is 1.96 bits per heavy atom. The van der Waals surface area contributed by atoms with Crippen LogP contribution in [0.5, 0.6) is 5.75 Å². The van der Waals surface area contributed by atoms with Gasteiger partial charge in [-0.15, -0.1) is 0 Å². The predicted molar refractivity (Wildman–Crippen MR) is 95.8 cm³/mol. The highest BCUT2D eigenvalue weighted by molar-refractivity contribution is 5.94. The summed E-state index contributed by atoms with van der Waals surface area (Å²) in [7, 11) is 0. The SMILES string of the molecule is Cc1ccc(C(=O)N[C@H](c2ccc3c(c2)CCO3)C2CC(O)C2)cc1. The van der Waals surface area contributed by atoms with E-state index in [4.69, 9.17) is 4.74 Å². The summed E-state index contributed by atoms with van der Waals surface area (Å²) in [6.07, 6.45) is 2.12. The molecule has 2 N–H and O–H groups in total. The topological polar surface area (TPSA) is 58.6 Å². The summed E-state index contributed by atoms with van der Waals surface area (Å²) in [5.41, 5.74) is 4.10. The molecule has 25 heavy (non-hydrogen) atoms. The quantitative estimate of drug-likeness (QED) is 0.901. The number of carbonyl (C=O) groups excluding carboxylic acids is 1. The van der Waals surface area contributed by atoms with Crippen molar-refractivity contribution in [3.05, 3.63) is 64.7 Å². The number of fused-ring (bicyclic) bond motifs is 1. The van der Waals surface area contributed by atoms with Gasteiger partial charge in [0, 0.05) is 12.0 Å². The summed E-state index contributed by atoms with van der Waals surface area (Å²) in [4.78, 5) is 12.7. The van der Waals surface area contributed by atoms with Gasteiger partial charge in [-0.05, 0) is 61.1 Å². The van der Waals surface area contributed by atoms with Crippen molar-refractivity contribution in [2.75, 3.05) is 6.61 Å².